The molecule has 0 saturated heterocycles. The molecular weight excluding hydrogens is 264 g/mol. The first kappa shape index (κ1) is 15.7. The maximum absolute atomic E-state index is 11.8. The van der Waals surface area contributed by atoms with Crippen LogP contribution in [0.5, 0.6) is 0 Å². The van der Waals surface area contributed by atoms with Gasteiger partial charge in [0.25, 0.3) is 0 Å². The van der Waals surface area contributed by atoms with E-state index in [1.54, 1.807) is 13.0 Å². The van der Waals surface area contributed by atoms with E-state index in [1.165, 1.54) is 0 Å². The number of nitrogens with zero attached hydrogens (tertiary/aromatic N) is 2. The summed E-state index contributed by atoms with van der Waals surface area (Å²) >= 11 is 5.95. The Kier molecular flexibility index (Phi) is 5.54. The van der Waals surface area contributed by atoms with Gasteiger partial charge in [-0.15, -0.1) is 0 Å². The van der Waals surface area contributed by atoms with Crippen LogP contribution >= 0.6 is 11.6 Å². The highest BCUT2D eigenvalue weighted by Gasteiger charge is 2.15. The fourth-order valence-corrected chi connectivity index (χ4v) is 1.65. The van der Waals surface area contributed by atoms with E-state index in [9.17, 15) is 4.79 Å². The van der Waals surface area contributed by atoms with E-state index in [-0.39, 0.29) is 23.9 Å². The van der Waals surface area contributed by atoms with Crippen LogP contribution in [0.15, 0.2) is 6.07 Å². The minimum atomic E-state index is -0.381. The highest BCUT2D eigenvalue weighted by molar-refractivity contribution is 6.29. The van der Waals surface area contributed by atoms with Crippen LogP contribution < -0.4 is 10.6 Å². The quantitative estimate of drug-likeness (QED) is 0.816. The molecule has 1 aromatic rings. The largest absolute Gasteiger partial charge is 0.358 e. The maximum Gasteiger partial charge on any atom is 0.242 e. The molecule has 19 heavy (non-hydrogen) atoms. The summed E-state index contributed by atoms with van der Waals surface area (Å²) in [7, 11) is 0. The van der Waals surface area contributed by atoms with Gasteiger partial charge >= 0.3 is 0 Å². The van der Waals surface area contributed by atoms with Gasteiger partial charge in [0.2, 0.25) is 5.91 Å². The van der Waals surface area contributed by atoms with Crippen molar-refractivity contribution in [1.82, 2.24) is 15.3 Å². The van der Waals surface area contributed by atoms with E-state index in [0.29, 0.717) is 16.8 Å². The molecule has 1 rings (SSSR count). The molecule has 0 aliphatic rings. The number of nitrogens with one attached hydrogen (secondary N) is 2. The van der Waals surface area contributed by atoms with E-state index in [2.05, 4.69) is 20.6 Å². The minimum absolute atomic E-state index is 0.0733. The van der Waals surface area contributed by atoms with Crippen LogP contribution in [0.1, 0.15) is 46.4 Å². The van der Waals surface area contributed by atoms with Gasteiger partial charge in [0, 0.05) is 18.0 Å². The van der Waals surface area contributed by atoms with E-state index in [4.69, 9.17) is 11.6 Å². The number of anilines is 1. The maximum atomic E-state index is 11.8. The lowest BCUT2D eigenvalue weighted by Gasteiger charge is -2.17. The van der Waals surface area contributed by atoms with Crippen molar-refractivity contribution >= 4 is 23.3 Å². The van der Waals surface area contributed by atoms with E-state index in [0.717, 1.165) is 0 Å². The summed E-state index contributed by atoms with van der Waals surface area (Å²) in [6.07, 6.45) is 0. The fraction of sp³-hybridized carbons (Fsp3) is 0.615. The summed E-state index contributed by atoms with van der Waals surface area (Å²) < 4.78 is 0. The molecule has 6 heteroatoms. The van der Waals surface area contributed by atoms with Gasteiger partial charge in [0.05, 0.1) is 0 Å². The predicted octanol–water partition coefficient (Wildman–Crippen LogP) is 2.58. The fourth-order valence-electron chi connectivity index (χ4n) is 1.46. The lowest BCUT2D eigenvalue weighted by atomic mass is 10.2. The second kappa shape index (κ2) is 6.70. The third-order valence-electron chi connectivity index (χ3n) is 2.42. The molecule has 0 aliphatic carbocycles. The molecule has 1 atom stereocenters. The molecule has 0 aromatic carbocycles. The van der Waals surface area contributed by atoms with E-state index >= 15 is 0 Å². The summed E-state index contributed by atoms with van der Waals surface area (Å²) in [5, 5.41) is 6.25. The Morgan fingerprint density at radius 3 is 2.37 bits per heavy atom. The molecule has 1 heterocycles. The molecule has 106 valence electrons. The number of halogens is 1. The number of rotatable bonds is 5. The average Bonchev–Trinajstić information content (AvgIpc) is 2.26. The van der Waals surface area contributed by atoms with Crippen molar-refractivity contribution in [1.29, 1.82) is 0 Å². The normalized spacial score (nSPS) is 12.6. The van der Waals surface area contributed by atoms with Gasteiger partial charge in [-0.3, -0.25) is 4.79 Å². The third-order valence-corrected chi connectivity index (χ3v) is 2.61. The summed E-state index contributed by atoms with van der Waals surface area (Å²) in [5.41, 5.74) is 0. The van der Waals surface area contributed by atoms with Gasteiger partial charge in [0.15, 0.2) is 0 Å². The van der Waals surface area contributed by atoms with Crippen molar-refractivity contribution in [2.75, 3.05) is 5.32 Å². The van der Waals surface area contributed by atoms with Gasteiger partial charge in [0.1, 0.15) is 22.8 Å². The van der Waals surface area contributed by atoms with Crippen LogP contribution in [-0.2, 0) is 4.79 Å². The SMILES string of the molecule is CC(C)NC(=O)C(C)Nc1cc(Cl)nc(C(C)C)n1. The first-order valence-corrected chi connectivity index (χ1v) is 6.78. The Morgan fingerprint density at radius 2 is 1.84 bits per heavy atom. The van der Waals surface area contributed by atoms with Crippen molar-refractivity contribution in [3.05, 3.63) is 17.0 Å². The van der Waals surface area contributed by atoms with Gasteiger partial charge in [-0.1, -0.05) is 25.4 Å². The zero-order chi connectivity index (χ0) is 14.6. The first-order chi connectivity index (χ1) is 8.79. The molecule has 0 fully saturated rings. The smallest absolute Gasteiger partial charge is 0.242 e. The second-order valence-corrected chi connectivity index (χ2v) is 5.51. The van der Waals surface area contributed by atoms with Gasteiger partial charge in [-0.2, -0.15) is 0 Å². The highest BCUT2D eigenvalue weighted by Crippen LogP contribution is 2.17. The monoisotopic (exact) mass is 284 g/mol. The molecule has 2 N–H and O–H groups in total. The molecule has 5 nitrogen and oxygen atoms in total. The van der Waals surface area contributed by atoms with Crippen LogP contribution in [-0.4, -0.2) is 28.0 Å². The van der Waals surface area contributed by atoms with Crippen molar-refractivity contribution in [2.24, 2.45) is 0 Å². The minimum Gasteiger partial charge on any atom is -0.358 e. The molecule has 0 bridgehead atoms. The van der Waals surface area contributed by atoms with Gasteiger partial charge < -0.3 is 10.6 Å². The summed E-state index contributed by atoms with van der Waals surface area (Å²) in [6.45, 7) is 9.60. The van der Waals surface area contributed by atoms with Gasteiger partial charge in [-0.05, 0) is 20.8 Å². The molecule has 0 aliphatic heterocycles. The number of aromatic nitrogens is 2. The molecule has 0 radical (unpaired) electrons. The summed E-state index contributed by atoms with van der Waals surface area (Å²) in [5.74, 6) is 1.33. The molecule has 1 amide bonds. The molecule has 1 unspecified atom stereocenters. The average molecular weight is 285 g/mol. The number of hydrogen-bond acceptors (Lipinski definition) is 4. The van der Waals surface area contributed by atoms with Crippen LogP contribution in [0, 0.1) is 0 Å². The number of hydrogen-bond donors (Lipinski definition) is 2. The van der Waals surface area contributed by atoms with E-state index in [1.807, 2.05) is 27.7 Å². The molecule has 0 saturated carbocycles. The summed E-state index contributed by atoms with van der Waals surface area (Å²) in [6, 6.07) is 1.34. The van der Waals surface area contributed by atoms with Crippen molar-refractivity contribution in [3.63, 3.8) is 0 Å². The standard InChI is InChI=1S/C13H21ClN4O/c1-7(2)12-17-10(14)6-11(18-12)16-9(5)13(19)15-8(3)4/h6-9H,1-5H3,(H,15,19)(H,16,17,18). The van der Waals surface area contributed by atoms with Crippen molar-refractivity contribution in [2.45, 2.75) is 52.6 Å². The zero-order valence-corrected chi connectivity index (χ0v) is 12.7. The highest BCUT2D eigenvalue weighted by atomic mass is 35.5. The second-order valence-electron chi connectivity index (χ2n) is 5.12. The Morgan fingerprint density at radius 1 is 1.21 bits per heavy atom. The number of carbonyl (C=O) groups is 1. The van der Waals surface area contributed by atoms with Gasteiger partial charge in [-0.25, -0.2) is 9.97 Å². The number of carbonyl (C=O) groups excluding carboxylic acids is 1. The lowest BCUT2D eigenvalue weighted by molar-refractivity contribution is -0.122. The molecule has 1 aromatic heterocycles. The van der Waals surface area contributed by atoms with Crippen molar-refractivity contribution in [3.8, 4) is 0 Å². The predicted molar refractivity (Wildman–Crippen MR) is 77.5 cm³/mol. The topological polar surface area (TPSA) is 66.9 Å². The summed E-state index contributed by atoms with van der Waals surface area (Å²) in [4.78, 5) is 20.3. The lowest BCUT2D eigenvalue weighted by Crippen LogP contribution is -2.41. The Hall–Kier alpha value is -1.36. The van der Waals surface area contributed by atoms with Crippen LogP contribution in [0.25, 0.3) is 0 Å². The Bertz CT molecular complexity index is 448. The van der Waals surface area contributed by atoms with Crippen LogP contribution in [0.4, 0.5) is 5.82 Å². The Balaban J connectivity index is 2.79. The third kappa shape index (κ3) is 5.03. The molecule has 0 spiro atoms. The van der Waals surface area contributed by atoms with Crippen molar-refractivity contribution < 1.29 is 4.79 Å². The Labute approximate surface area is 119 Å². The van der Waals surface area contributed by atoms with E-state index < -0.39 is 0 Å². The van der Waals surface area contributed by atoms with Crippen LogP contribution in [0.3, 0.4) is 0 Å². The first-order valence-electron chi connectivity index (χ1n) is 6.41. The zero-order valence-electron chi connectivity index (χ0n) is 12.0. The number of amides is 1. The molecular formula is C13H21ClN4O. The van der Waals surface area contributed by atoms with Crippen LogP contribution in [0.2, 0.25) is 5.15 Å².